The van der Waals surface area contributed by atoms with Gasteiger partial charge in [-0.05, 0) is 46.0 Å². The van der Waals surface area contributed by atoms with Crippen LogP contribution in [0.15, 0.2) is 10.7 Å². The van der Waals surface area contributed by atoms with Gasteiger partial charge in [-0.2, -0.15) is 0 Å². The topological polar surface area (TPSA) is 37.8 Å². The first-order valence-corrected chi connectivity index (χ1v) is 8.67. The van der Waals surface area contributed by atoms with E-state index in [4.69, 9.17) is 0 Å². The lowest BCUT2D eigenvalue weighted by atomic mass is 9.63. The number of nitrogens with zero attached hydrogens (tertiary/aromatic N) is 2. The van der Waals surface area contributed by atoms with Crippen molar-refractivity contribution in [2.45, 2.75) is 72.8 Å². The predicted octanol–water partition coefficient (Wildman–Crippen LogP) is 5.38. The van der Waals surface area contributed by atoms with Crippen molar-refractivity contribution in [2.24, 2.45) is 10.8 Å². The number of nitrogens with one attached hydrogen (secondary N) is 1. The summed E-state index contributed by atoms with van der Waals surface area (Å²) >= 11 is 3.50. The smallest absolute Gasteiger partial charge is 0.134 e. The molecule has 0 amide bonds. The summed E-state index contributed by atoms with van der Waals surface area (Å²) in [5, 5.41) is 3.65. The maximum Gasteiger partial charge on any atom is 0.134 e. The zero-order valence-corrected chi connectivity index (χ0v) is 15.7. The van der Waals surface area contributed by atoms with Crippen molar-refractivity contribution in [2.75, 3.05) is 5.32 Å². The van der Waals surface area contributed by atoms with Crippen molar-refractivity contribution < 1.29 is 0 Å². The molecule has 1 aliphatic carbocycles. The van der Waals surface area contributed by atoms with Crippen molar-refractivity contribution in [3.63, 3.8) is 0 Å². The van der Waals surface area contributed by atoms with Crippen LogP contribution < -0.4 is 5.32 Å². The highest BCUT2D eigenvalue weighted by molar-refractivity contribution is 9.10. The Balaban J connectivity index is 2.18. The normalized spacial score (nSPS) is 21.5. The Labute approximate surface area is 137 Å². The summed E-state index contributed by atoms with van der Waals surface area (Å²) < 4.78 is 0.859. The van der Waals surface area contributed by atoms with Gasteiger partial charge >= 0.3 is 0 Å². The standard InChI is InChI=1S/C17H28BrN3/c1-11(2)15-20-13(18)7-14(21-15)19-12-8-16(3,4)10-17(5,6)9-12/h7,11-12H,8-10H2,1-6H3,(H,19,20,21). The minimum atomic E-state index is 0.335. The Bertz CT molecular complexity index is 493. The number of halogens is 1. The highest BCUT2D eigenvalue weighted by Crippen LogP contribution is 2.46. The second-order valence-electron chi connectivity index (χ2n) is 8.34. The maximum absolute atomic E-state index is 4.67. The first kappa shape index (κ1) is 16.7. The van der Waals surface area contributed by atoms with Gasteiger partial charge in [0.05, 0.1) is 0 Å². The van der Waals surface area contributed by atoms with Crippen LogP contribution in [0.2, 0.25) is 0 Å². The van der Waals surface area contributed by atoms with Gasteiger partial charge in [-0.15, -0.1) is 0 Å². The number of aromatic nitrogens is 2. The van der Waals surface area contributed by atoms with Crippen LogP contribution >= 0.6 is 15.9 Å². The molecule has 2 rings (SSSR count). The predicted molar refractivity (Wildman–Crippen MR) is 92.6 cm³/mol. The summed E-state index contributed by atoms with van der Waals surface area (Å²) in [6, 6.07) is 2.46. The fourth-order valence-corrected chi connectivity index (χ4v) is 4.32. The Kier molecular flexibility index (Phi) is 4.67. The highest BCUT2D eigenvalue weighted by Gasteiger charge is 2.38. The van der Waals surface area contributed by atoms with Gasteiger partial charge in [0.15, 0.2) is 0 Å². The number of anilines is 1. The quantitative estimate of drug-likeness (QED) is 0.741. The Morgan fingerprint density at radius 3 is 2.24 bits per heavy atom. The molecule has 1 aromatic heterocycles. The lowest BCUT2D eigenvalue weighted by Crippen LogP contribution is -2.40. The average Bonchev–Trinajstić information content (AvgIpc) is 2.22. The Morgan fingerprint density at radius 1 is 1.14 bits per heavy atom. The fourth-order valence-electron chi connectivity index (χ4n) is 3.92. The molecule has 1 aromatic rings. The van der Waals surface area contributed by atoms with Crippen LogP contribution in [0, 0.1) is 10.8 Å². The average molecular weight is 354 g/mol. The molecule has 21 heavy (non-hydrogen) atoms. The van der Waals surface area contributed by atoms with Gasteiger partial charge in [-0.1, -0.05) is 41.5 Å². The zero-order valence-electron chi connectivity index (χ0n) is 14.1. The molecule has 1 saturated carbocycles. The molecule has 3 nitrogen and oxygen atoms in total. The third kappa shape index (κ3) is 4.67. The lowest BCUT2D eigenvalue weighted by Gasteiger charge is -2.45. The first-order valence-electron chi connectivity index (χ1n) is 7.87. The molecule has 4 heteroatoms. The van der Waals surface area contributed by atoms with E-state index in [2.05, 4.69) is 72.8 Å². The third-order valence-electron chi connectivity index (χ3n) is 4.14. The zero-order chi connectivity index (χ0) is 15.8. The monoisotopic (exact) mass is 353 g/mol. The number of rotatable bonds is 3. The van der Waals surface area contributed by atoms with Gasteiger partial charge < -0.3 is 5.32 Å². The van der Waals surface area contributed by atoms with E-state index in [-0.39, 0.29) is 0 Å². The molecule has 0 bridgehead atoms. The van der Waals surface area contributed by atoms with Crippen LogP contribution in [0.1, 0.15) is 72.5 Å². The minimum absolute atomic E-state index is 0.335. The molecule has 1 N–H and O–H groups in total. The van der Waals surface area contributed by atoms with Crippen LogP contribution in [0.4, 0.5) is 5.82 Å². The van der Waals surface area contributed by atoms with Crippen LogP contribution in [0.25, 0.3) is 0 Å². The van der Waals surface area contributed by atoms with E-state index >= 15 is 0 Å². The molecule has 0 radical (unpaired) electrons. The van der Waals surface area contributed by atoms with Crippen LogP contribution in [-0.4, -0.2) is 16.0 Å². The molecule has 0 spiro atoms. The summed E-state index contributed by atoms with van der Waals surface area (Å²) in [5.74, 6) is 2.17. The van der Waals surface area contributed by atoms with Crippen molar-refractivity contribution in [3.05, 3.63) is 16.5 Å². The second kappa shape index (κ2) is 5.86. The molecule has 0 saturated heterocycles. The van der Waals surface area contributed by atoms with E-state index in [1.807, 2.05) is 6.07 Å². The van der Waals surface area contributed by atoms with E-state index in [9.17, 15) is 0 Å². The molecule has 1 heterocycles. The summed E-state index contributed by atoms with van der Waals surface area (Å²) in [4.78, 5) is 9.12. The molecule has 0 aromatic carbocycles. The summed E-state index contributed by atoms with van der Waals surface area (Å²) in [5.41, 5.74) is 0.759. The maximum atomic E-state index is 4.67. The second-order valence-corrected chi connectivity index (χ2v) is 9.16. The molecular weight excluding hydrogens is 326 g/mol. The van der Waals surface area contributed by atoms with Gasteiger partial charge in [0, 0.05) is 18.0 Å². The van der Waals surface area contributed by atoms with E-state index in [0.717, 1.165) is 16.2 Å². The van der Waals surface area contributed by atoms with E-state index in [1.165, 1.54) is 19.3 Å². The van der Waals surface area contributed by atoms with Crippen molar-refractivity contribution in [3.8, 4) is 0 Å². The Morgan fingerprint density at radius 2 is 1.71 bits per heavy atom. The molecule has 1 aliphatic rings. The van der Waals surface area contributed by atoms with Gasteiger partial charge in [0.1, 0.15) is 16.2 Å². The van der Waals surface area contributed by atoms with Crippen molar-refractivity contribution in [1.82, 2.24) is 9.97 Å². The van der Waals surface area contributed by atoms with Gasteiger partial charge in [0.25, 0.3) is 0 Å². The molecule has 0 aliphatic heterocycles. The largest absolute Gasteiger partial charge is 0.367 e. The molecule has 0 atom stereocenters. The molecule has 0 unspecified atom stereocenters. The Hall–Kier alpha value is -0.640. The van der Waals surface area contributed by atoms with Crippen molar-refractivity contribution in [1.29, 1.82) is 0 Å². The fraction of sp³-hybridized carbons (Fsp3) is 0.765. The molecule has 1 fully saturated rings. The van der Waals surface area contributed by atoms with Crippen LogP contribution in [-0.2, 0) is 0 Å². The SMILES string of the molecule is CC(C)c1nc(Br)cc(NC2CC(C)(C)CC(C)(C)C2)n1. The summed E-state index contributed by atoms with van der Waals surface area (Å²) in [7, 11) is 0. The molecule has 118 valence electrons. The van der Waals surface area contributed by atoms with Gasteiger partial charge in [0.2, 0.25) is 0 Å². The number of hydrogen-bond acceptors (Lipinski definition) is 3. The lowest BCUT2D eigenvalue weighted by molar-refractivity contribution is 0.105. The molecular formula is C17H28BrN3. The highest BCUT2D eigenvalue weighted by atomic mass is 79.9. The van der Waals surface area contributed by atoms with Crippen molar-refractivity contribution >= 4 is 21.7 Å². The first-order chi connectivity index (χ1) is 9.56. The number of hydrogen-bond donors (Lipinski definition) is 1. The van der Waals surface area contributed by atoms with Gasteiger partial charge in [-0.3, -0.25) is 0 Å². The third-order valence-corrected chi connectivity index (χ3v) is 4.54. The van der Waals surface area contributed by atoms with Crippen LogP contribution in [0.5, 0.6) is 0 Å². The summed E-state index contributed by atoms with van der Waals surface area (Å²) in [6.07, 6.45) is 3.66. The van der Waals surface area contributed by atoms with E-state index < -0.39 is 0 Å². The van der Waals surface area contributed by atoms with E-state index in [0.29, 0.717) is 22.8 Å². The van der Waals surface area contributed by atoms with E-state index in [1.54, 1.807) is 0 Å². The van der Waals surface area contributed by atoms with Gasteiger partial charge in [-0.25, -0.2) is 9.97 Å². The summed E-state index contributed by atoms with van der Waals surface area (Å²) in [6.45, 7) is 13.7. The van der Waals surface area contributed by atoms with Crippen LogP contribution in [0.3, 0.4) is 0 Å². The minimum Gasteiger partial charge on any atom is -0.367 e.